The molecule has 0 fully saturated rings. The SMILES string of the molecule is CCNc1cc(S(=O)(=O)O)cc2cc(S(=O)(=O)O)cc(NCC)c12. The van der Waals surface area contributed by atoms with E-state index in [0.717, 1.165) is 12.1 Å². The highest BCUT2D eigenvalue weighted by Crippen LogP contribution is 2.35. The Labute approximate surface area is 140 Å². The van der Waals surface area contributed by atoms with E-state index < -0.39 is 20.2 Å². The normalized spacial score (nSPS) is 12.3. The third-order valence-electron chi connectivity index (χ3n) is 3.33. The second-order valence-corrected chi connectivity index (χ2v) is 7.89. The average Bonchev–Trinajstić information content (AvgIpc) is 2.45. The molecule has 24 heavy (non-hydrogen) atoms. The molecular formula is C14H18N2O6S2. The summed E-state index contributed by atoms with van der Waals surface area (Å²) in [5.41, 5.74) is 0.834. The molecule has 2 rings (SSSR count). The monoisotopic (exact) mass is 374 g/mol. The number of rotatable bonds is 6. The highest BCUT2D eigenvalue weighted by molar-refractivity contribution is 7.86. The first-order chi connectivity index (χ1) is 11.1. The van der Waals surface area contributed by atoms with Crippen molar-refractivity contribution in [3.8, 4) is 0 Å². The Morgan fingerprint density at radius 3 is 1.46 bits per heavy atom. The topological polar surface area (TPSA) is 133 Å². The Morgan fingerprint density at radius 2 is 1.17 bits per heavy atom. The Hall–Kier alpha value is -1.88. The Morgan fingerprint density at radius 1 is 0.792 bits per heavy atom. The van der Waals surface area contributed by atoms with Crippen LogP contribution in [0.2, 0.25) is 0 Å². The van der Waals surface area contributed by atoms with Crippen LogP contribution in [0.25, 0.3) is 10.8 Å². The van der Waals surface area contributed by atoms with Gasteiger partial charge < -0.3 is 10.6 Å². The van der Waals surface area contributed by atoms with Crippen LogP contribution in [-0.4, -0.2) is 39.0 Å². The molecule has 0 aliphatic carbocycles. The zero-order valence-corrected chi connectivity index (χ0v) is 14.7. The minimum absolute atomic E-state index is 0.243. The maximum absolute atomic E-state index is 11.5. The first-order valence-electron chi connectivity index (χ1n) is 7.12. The molecule has 132 valence electrons. The van der Waals surface area contributed by atoms with E-state index in [9.17, 15) is 25.9 Å². The lowest BCUT2D eigenvalue weighted by Gasteiger charge is -2.16. The molecule has 0 aliphatic heterocycles. The lowest BCUT2D eigenvalue weighted by atomic mass is 10.1. The van der Waals surface area contributed by atoms with Crippen molar-refractivity contribution < 1.29 is 25.9 Å². The number of anilines is 2. The Bertz CT molecular complexity index is 907. The van der Waals surface area contributed by atoms with Gasteiger partial charge in [-0.3, -0.25) is 9.11 Å². The smallest absolute Gasteiger partial charge is 0.294 e. The van der Waals surface area contributed by atoms with E-state index >= 15 is 0 Å². The maximum atomic E-state index is 11.5. The lowest BCUT2D eigenvalue weighted by Crippen LogP contribution is -2.07. The minimum atomic E-state index is -4.48. The maximum Gasteiger partial charge on any atom is 0.294 e. The van der Waals surface area contributed by atoms with Crippen molar-refractivity contribution in [2.75, 3.05) is 23.7 Å². The molecule has 0 aromatic heterocycles. The van der Waals surface area contributed by atoms with Crippen molar-refractivity contribution >= 4 is 42.4 Å². The molecule has 0 saturated heterocycles. The standard InChI is InChI=1S/C14H18N2O6S2/c1-3-15-12-7-10(23(17,18)19)5-9-6-11(24(20,21)22)8-13(14(9)12)16-4-2/h5-8,15-16H,3-4H2,1-2H3,(H,17,18,19)(H,20,21,22). The van der Waals surface area contributed by atoms with Crippen molar-refractivity contribution in [1.82, 2.24) is 0 Å². The molecule has 0 unspecified atom stereocenters. The molecule has 0 atom stereocenters. The second kappa shape index (κ2) is 6.55. The van der Waals surface area contributed by atoms with Gasteiger partial charge in [0.15, 0.2) is 0 Å². The summed E-state index contributed by atoms with van der Waals surface area (Å²) >= 11 is 0. The van der Waals surface area contributed by atoms with Gasteiger partial charge in [0.25, 0.3) is 20.2 Å². The highest BCUT2D eigenvalue weighted by Gasteiger charge is 2.19. The fourth-order valence-electron chi connectivity index (χ4n) is 2.42. The second-order valence-electron chi connectivity index (χ2n) is 5.05. The summed E-state index contributed by atoms with van der Waals surface area (Å²) in [7, 11) is -8.96. The summed E-state index contributed by atoms with van der Waals surface area (Å²) in [6, 6.07) is 4.85. The molecule has 2 aromatic rings. The molecule has 0 saturated carbocycles. The third-order valence-corrected chi connectivity index (χ3v) is 4.99. The zero-order valence-electron chi connectivity index (χ0n) is 13.1. The summed E-state index contributed by atoms with van der Waals surface area (Å²) in [5.74, 6) is 0. The summed E-state index contributed by atoms with van der Waals surface area (Å²) in [6.45, 7) is 4.59. The van der Waals surface area contributed by atoms with Gasteiger partial charge in [-0.05, 0) is 43.5 Å². The van der Waals surface area contributed by atoms with E-state index in [4.69, 9.17) is 0 Å². The van der Waals surface area contributed by atoms with E-state index in [0.29, 0.717) is 29.9 Å². The van der Waals surface area contributed by atoms with E-state index in [1.807, 2.05) is 13.8 Å². The molecule has 8 nitrogen and oxygen atoms in total. The molecule has 0 radical (unpaired) electrons. The summed E-state index contributed by atoms with van der Waals surface area (Å²) in [4.78, 5) is -0.748. The first kappa shape index (κ1) is 18.5. The molecular weight excluding hydrogens is 356 g/mol. The number of benzene rings is 2. The predicted molar refractivity (Wildman–Crippen MR) is 91.9 cm³/mol. The van der Waals surface area contributed by atoms with Gasteiger partial charge in [0, 0.05) is 29.9 Å². The van der Waals surface area contributed by atoms with Crippen molar-refractivity contribution in [2.45, 2.75) is 23.6 Å². The molecule has 4 N–H and O–H groups in total. The molecule has 10 heteroatoms. The van der Waals surface area contributed by atoms with Gasteiger partial charge in [-0.15, -0.1) is 0 Å². The summed E-state index contributed by atoms with van der Waals surface area (Å²) in [6.07, 6.45) is 0. The Kier molecular flexibility index (Phi) is 5.04. The van der Waals surface area contributed by atoms with Crippen LogP contribution in [0.4, 0.5) is 11.4 Å². The van der Waals surface area contributed by atoms with Gasteiger partial charge in [0.2, 0.25) is 0 Å². The fourth-order valence-corrected chi connectivity index (χ4v) is 3.50. The molecule has 0 aliphatic rings. The molecule has 0 bridgehead atoms. The quantitative estimate of drug-likeness (QED) is 0.566. The molecule has 0 amide bonds. The highest BCUT2D eigenvalue weighted by atomic mass is 32.2. The van der Waals surface area contributed by atoms with Crippen LogP contribution >= 0.6 is 0 Å². The van der Waals surface area contributed by atoms with Crippen molar-refractivity contribution in [1.29, 1.82) is 0 Å². The first-order valence-corrected chi connectivity index (χ1v) is 10.0. The van der Waals surface area contributed by atoms with Gasteiger partial charge in [-0.2, -0.15) is 16.8 Å². The number of hydrogen-bond acceptors (Lipinski definition) is 6. The van der Waals surface area contributed by atoms with Crippen LogP contribution in [-0.2, 0) is 20.2 Å². The van der Waals surface area contributed by atoms with E-state index in [2.05, 4.69) is 10.6 Å². The molecule has 0 heterocycles. The minimum Gasteiger partial charge on any atom is -0.385 e. The van der Waals surface area contributed by atoms with Crippen LogP contribution < -0.4 is 10.6 Å². The van der Waals surface area contributed by atoms with Gasteiger partial charge in [-0.1, -0.05) is 0 Å². The largest absolute Gasteiger partial charge is 0.385 e. The van der Waals surface area contributed by atoms with E-state index in [1.165, 1.54) is 12.1 Å². The third kappa shape index (κ3) is 3.78. The molecule has 2 aromatic carbocycles. The van der Waals surface area contributed by atoms with Gasteiger partial charge in [0.1, 0.15) is 0 Å². The van der Waals surface area contributed by atoms with Crippen LogP contribution in [0.1, 0.15) is 13.8 Å². The number of nitrogens with one attached hydrogen (secondary N) is 2. The van der Waals surface area contributed by atoms with Crippen LogP contribution in [0.15, 0.2) is 34.1 Å². The van der Waals surface area contributed by atoms with Gasteiger partial charge >= 0.3 is 0 Å². The number of hydrogen-bond donors (Lipinski definition) is 4. The number of fused-ring (bicyclic) bond motifs is 1. The van der Waals surface area contributed by atoms with Crippen molar-refractivity contribution in [3.63, 3.8) is 0 Å². The van der Waals surface area contributed by atoms with Crippen LogP contribution in [0.3, 0.4) is 0 Å². The van der Waals surface area contributed by atoms with Gasteiger partial charge in [0.05, 0.1) is 9.79 Å². The summed E-state index contributed by atoms with van der Waals surface area (Å²) in [5, 5.41) is 6.78. The van der Waals surface area contributed by atoms with E-state index in [-0.39, 0.29) is 15.2 Å². The lowest BCUT2D eigenvalue weighted by molar-refractivity contribution is 0.481. The summed E-state index contributed by atoms with van der Waals surface area (Å²) < 4.78 is 64.5. The average molecular weight is 374 g/mol. The van der Waals surface area contributed by atoms with Gasteiger partial charge in [-0.25, -0.2) is 0 Å². The Balaban J connectivity index is 2.96. The molecule has 0 spiro atoms. The van der Waals surface area contributed by atoms with Crippen LogP contribution in [0.5, 0.6) is 0 Å². The van der Waals surface area contributed by atoms with Crippen molar-refractivity contribution in [2.24, 2.45) is 0 Å². The fraction of sp³-hybridized carbons (Fsp3) is 0.286. The van der Waals surface area contributed by atoms with E-state index in [1.54, 1.807) is 0 Å². The van der Waals surface area contributed by atoms with Crippen LogP contribution in [0, 0.1) is 0 Å². The van der Waals surface area contributed by atoms with Crippen molar-refractivity contribution in [3.05, 3.63) is 24.3 Å². The predicted octanol–water partition coefficient (Wildman–Crippen LogP) is 2.20. The zero-order chi connectivity index (χ0) is 18.1.